The molecule has 6 nitrogen and oxygen atoms in total. The summed E-state index contributed by atoms with van der Waals surface area (Å²) in [5.74, 6) is -0.868. The Morgan fingerprint density at radius 3 is 2.52 bits per heavy atom. The minimum absolute atomic E-state index is 0.205. The monoisotopic (exact) mass is 325 g/mol. The number of carbonyl (C=O) groups excluding carboxylic acids is 2. The molecule has 8 heteroatoms. The number of ether oxygens (including phenoxy) is 1. The summed E-state index contributed by atoms with van der Waals surface area (Å²) >= 11 is 11.3. The molecule has 1 N–H and O–H groups in total. The smallest absolute Gasteiger partial charge is 0.340 e. The molecule has 2 heterocycles. The number of carbonyl (C=O) groups is 2. The van der Waals surface area contributed by atoms with Crippen molar-refractivity contribution in [3.63, 3.8) is 0 Å². The fraction of sp³-hybridized carbons (Fsp3) is 0.0769. The van der Waals surface area contributed by atoms with Gasteiger partial charge in [0.1, 0.15) is 11.0 Å². The van der Waals surface area contributed by atoms with Gasteiger partial charge in [0.25, 0.3) is 5.91 Å². The SMILES string of the molecule is O=C(COC(=O)c1ccc(Cl)nc1)Nc1ccc(Cl)cn1. The van der Waals surface area contributed by atoms with Crippen molar-refractivity contribution in [3.8, 4) is 0 Å². The Kier molecular flexibility index (Phi) is 5.08. The number of aromatic nitrogens is 2. The zero-order valence-electron chi connectivity index (χ0n) is 10.5. The lowest BCUT2D eigenvalue weighted by Gasteiger charge is -2.06. The van der Waals surface area contributed by atoms with Gasteiger partial charge in [-0.2, -0.15) is 0 Å². The topological polar surface area (TPSA) is 81.2 Å². The van der Waals surface area contributed by atoms with Crippen molar-refractivity contribution >= 4 is 40.9 Å². The summed E-state index contributed by atoms with van der Waals surface area (Å²) in [5.41, 5.74) is 0.205. The molecule has 0 unspecified atom stereocenters. The van der Waals surface area contributed by atoms with Crippen LogP contribution in [-0.2, 0) is 9.53 Å². The van der Waals surface area contributed by atoms with E-state index in [9.17, 15) is 9.59 Å². The van der Waals surface area contributed by atoms with Crippen LogP contribution in [0, 0.1) is 0 Å². The van der Waals surface area contributed by atoms with Crippen LogP contribution in [0.15, 0.2) is 36.7 Å². The second kappa shape index (κ2) is 7.01. The predicted molar refractivity (Wildman–Crippen MR) is 77.4 cm³/mol. The fourth-order valence-electron chi connectivity index (χ4n) is 1.34. The van der Waals surface area contributed by atoms with E-state index < -0.39 is 18.5 Å². The summed E-state index contributed by atoms with van der Waals surface area (Å²) in [5, 5.41) is 3.18. The third-order valence-electron chi connectivity index (χ3n) is 2.29. The number of nitrogens with zero attached hydrogens (tertiary/aromatic N) is 2. The maximum absolute atomic E-state index is 11.6. The minimum atomic E-state index is -0.668. The van der Waals surface area contributed by atoms with Crippen molar-refractivity contribution in [2.75, 3.05) is 11.9 Å². The third kappa shape index (κ3) is 4.70. The second-order valence-corrected chi connectivity index (χ2v) is 4.68. The molecule has 2 aromatic heterocycles. The lowest BCUT2D eigenvalue weighted by molar-refractivity contribution is -0.119. The van der Waals surface area contributed by atoms with E-state index in [1.165, 1.54) is 30.6 Å². The molecule has 2 aromatic rings. The van der Waals surface area contributed by atoms with Gasteiger partial charge in [0.15, 0.2) is 6.61 Å². The predicted octanol–water partition coefficient (Wildman–Crippen LogP) is 2.58. The van der Waals surface area contributed by atoms with Gasteiger partial charge in [-0.3, -0.25) is 4.79 Å². The lowest BCUT2D eigenvalue weighted by atomic mass is 10.3. The van der Waals surface area contributed by atoms with E-state index in [0.29, 0.717) is 10.8 Å². The van der Waals surface area contributed by atoms with Crippen LogP contribution < -0.4 is 5.32 Å². The Morgan fingerprint density at radius 2 is 1.90 bits per heavy atom. The van der Waals surface area contributed by atoms with Crippen LogP contribution in [0.3, 0.4) is 0 Å². The minimum Gasteiger partial charge on any atom is -0.452 e. The largest absolute Gasteiger partial charge is 0.452 e. The Morgan fingerprint density at radius 1 is 1.10 bits per heavy atom. The van der Waals surface area contributed by atoms with Gasteiger partial charge in [-0.05, 0) is 24.3 Å². The molecule has 0 spiro atoms. The van der Waals surface area contributed by atoms with E-state index in [1.54, 1.807) is 6.07 Å². The average Bonchev–Trinajstić information content (AvgIpc) is 2.48. The molecule has 0 saturated heterocycles. The van der Waals surface area contributed by atoms with Crippen molar-refractivity contribution in [1.82, 2.24) is 9.97 Å². The van der Waals surface area contributed by atoms with Crippen LogP contribution >= 0.6 is 23.2 Å². The Bertz CT molecular complexity index is 645. The van der Waals surface area contributed by atoms with E-state index in [1.807, 2.05) is 0 Å². The molecule has 1 amide bonds. The Hall–Kier alpha value is -2.18. The highest BCUT2D eigenvalue weighted by atomic mass is 35.5. The molecule has 0 aliphatic carbocycles. The van der Waals surface area contributed by atoms with Crippen LogP contribution in [-0.4, -0.2) is 28.5 Å². The average molecular weight is 326 g/mol. The van der Waals surface area contributed by atoms with Gasteiger partial charge in [-0.1, -0.05) is 23.2 Å². The molecule has 0 aliphatic heterocycles. The highest BCUT2D eigenvalue weighted by molar-refractivity contribution is 6.30. The lowest BCUT2D eigenvalue weighted by Crippen LogP contribution is -2.21. The van der Waals surface area contributed by atoms with Gasteiger partial charge < -0.3 is 10.1 Å². The molecular formula is C13H9Cl2N3O3. The quantitative estimate of drug-likeness (QED) is 0.690. The molecule has 0 radical (unpaired) electrons. The number of nitrogens with one attached hydrogen (secondary N) is 1. The van der Waals surface area contributed by atoms with Crippen molar-refractivity contribution < 1.29 is 14.3 Å². The summed E-state index contributed by atoms with van der Waals surface area (Å²) in [4.78, 5) is 30.9. The molecule has 108 valence electrons. The highest BCUT2D eigenvalue weighted by Gasteiger charge is 2.11. The molecule has 0 atom stereocenters. The fourth-order valence-corrected chi connectivity index (χ4v) is 1.56. The first-order valence-corrected chi connectivity index (χ1v) is 6.50. The number of rotatable bonds is 4. The first-order chi connectivity index (χ1) is 10.0. The molecule has 0 bridgehead atoms. The van der Waals surface area contributed by atoms with E-state index >= 15 is 0 Å². The summed E-state index contributed by atoms with van der Waals surface area (Å²) in [6.07, 6.45) is 2.66. The van der Waals surface area contributed by atoms with E-state index in [0.717, 1.165) is 0 Å². The molecule has 0 aliphatic rings. The first-order valence-electron chi connectivity index (χ1n) is 5.74. The number of amides is 1. The molecule has 0 aromatic carbocycles. The van der Waals surface area contributed by atoms with Crippen LogP contribution in [0.25, 0.3) is 0 Å². The molecule has 2 rings (SSSR count). The van der Waals surface area contributed by atoms with Crippen molar-refractivity contribution in [3.05, 3.63) is 52.4 Å². The van der Waals surface area contributed by atoms with E-state index in [2.05, 4.69) is 15.3 Å². The number of pyridine rings is 2. The van der Waals surface area contributed by atoms with Gasteiger partial charge in [0.2, 0.25) is 0 Å². The molecular weight excluding hydrogens is 317 g/mol. The normalized spacial score (nSPS) is 10.0. The number of hydrogen-bond acceptors (Lipinski definition) is 5. The van der Waals surface area contributed by atoms with Gasteiger partial charge in [0, 0.05) is 12.4 Å². The molecule has 0 fully saturated rings. The number of anilines is 1. The van der Waals surface area contributed by atoms with Crippen molar-refractivity contribution in [1.29, 1.82) is 0 Å². The Balaban J connectivity index is 1.84. The molecule has 0 saturated carbocycles. The second-order valence-electron chi connectivity index (χ2n) is 3.86. The first kappa shape index (κ1) is 15.2. The summed E-state index contributed by atoms with van der Waals surface area (Å²) in [6, 6.07) is 6.02. The van der Waals surface area contributed by atoms with Crippen LogP contribution in [0.5, 0.6) is 0 Å². The maximum atomic E-state index is 11.6. The number of halogens is 2. The third-order valence-corrected chi connectivity index (χ3v) is 2.74. The zero-order chi connectivity index (χ0) is 15.2. The van der Waals surface area contributed by atoms with Crippen molar-refractivity contribution in [2.45, 2.75) is 0 Å². The summed E-state index contributed by atoms with van der Waals surface area (Å²) in [7, 11) is 0. The standard InChI is InChI=1S/C13H9Cl2N3O3/c14-9-2-4-11(17-6-9)18-12(19)7-21-13(20)8-1-3-10(15)16-5-8/h1-6H,7H2,(H,17,18,19). The summed E-state index contributed by atoms with van der Waals surface area (Å²) < 4.78 is 4.84. The Labute approximate surface area is 130 Å². The summed E-state index contributed by atoms with van der Waals surface area (Å²) in [6.45, 7) is -0.439. The number of esters is 1. The van der Waals surface area contributed by atoms with Crippen LogP contribution in [0.4, 0.5) is 5.82 Å². The van der Waals surface area contributed by atoms with Gasteiger partial charge >= 0.3 is 5.97 Å². The number of hydrogen-bond donors (Lipinski definition) is 1. The van der Waals surface area contributed by atoms with E-state index in [4.69, 9.17) is 27.9 Å². The maximum Gasteiger partial charge on any atom is 0.340 e. The van der Waals surface area contributed by atoms with Gasteiger partial charge in [-0.25, -0.2) is 14.8 Å². The van der Waals surface area contributed by atoms with Crippen molar-refractivity contribution in [2.24, 2.45) is 0 Å². The van der Waals surface area contributed by atoms with E-state index in [-0.39, 0.29) is 10.7 Å². The van der Waals surface area contributed by atoms with Crippen LogP contribution in [0.2, 0.25) is 10.2 Å². The molecule has 21 heavy (non-hydrogen) atoms. The van der Waals surface area contributed by atoms with Gasteiger partial charge in [0.05, 0.1) is 10.6 Å². The van der Waals surface area contributed by atoms with Crippen LogP contribution in [0.1, 0.15) is 10.4 Å². The zero-order valence-corrected chi connectivity index (χ0v) is 12.1. The highest BCUT2D eigenvalue weighted by Crippen LogP contribution is 2.09. The van der Waals surface area contributed by atoms with Gasteiger partial charge in [-0.15, -0.1) is 0 Å².